The molecular formula is C15H24N2O. The van der Waals surface area contributed by atoms with Crippen molar-refractivity contribution >= 4 is 5.78 Å². The average molecular weight is 248 g/mol. The van der Waals surface area contributed by atoms with Gasteiger partial charge in [0.1, 0.15) is 0 Å². The van der Waals surface area contributed by atoms with Crippen LogP contribution in [-0.2, 0) is 0 Å². The summed E-state index contributed by atoms with van der Waals surface area (Å²) in [6.07, 6.45) is 3.63. The lowest BCUT2D eigenvalue weighted by Crippen LogP contribution is -2.24. The third-order valence-corrected chi connectivity index (χ3v) is 4.59. The Morgan fingerprint density at radius 2 is 1.89 bits per heavy atom. The minimum absolute atomic E-state index is 0.133. The fourth-order valence-corrected chi connectivity index (χ4v) is 3.27. The summed E-state index contributed by atoms with van der Waals surface area (Å²) in [4.78, 5) is 11.6. The fourth-order valence-electron chi connectivity index (χ4n) is 3.27. The van der Waals surface area contributed by atoms with Crippen molar-refractivity contribution in [3.63, 3.8) is 0 Å². The summed E-state index contributed by atoms with van der Waals surface area (Å²) in [5, 5.41) is 4.61. The molecule has 1 aliphatic carbocycles. The first-order chi connectivity index (χ1) is 8.41. The molecule has 0 amide bonds. The van der Waals surface area contributed by atoms with Gasteiger partial charge in [0.2, 0.25) is 0 Å². The first-order valence-electron chi connectivity index (χ1n) is 6.98. The molecule has 1 aromatic rings. The average Bonchev–Trinajstić information content (AvgIpc) is 2.58. The molecule has 0 radical (unpaired) electrons. The molecule has 0 aromatic carbocycles. The molecule has 0 aliphatic heterocycles. The molecule has 1 fully saturated rings. The molecule has 1 heterocycles. The Morgan fingerprint density at radius 3 is 2.39 bits per heavy atom. The quantitative estimate of drug-likeness (QED) is 0.748. The number of carbonyl (C=O) groups is 1. The maximum atomic E-state index is 11.6. The van der Waals surface area contributed by atoms with Crippen molar-refractivity contribution < 1.29 is 4.79 Å². The SMILES string of the molecule is CC(=O)c1c(C)nn(C2CCC(C)C(C)C2)c1C. The Balaban J connectivity index is 2.29. The highest BCUT2D eigenvalue weighted by atomic mass is 16.1. The Labute approximate surface area is 110 Å². The topological polar surface area (TPSA) is 34.9 Å². The summed E-state index contributed by atoms with van der Waals surface area (Å²) >= 11 is 0. The molecule has 1 saturated carbocycles. The first-order valence-corrected chi connectivity index (χ1v) is 6.98. The van der Waals surface area contributed by atoms with Gasteiger partial charge in [-0.2, -0.15) is 5.10 Å². The molecule has 0 saturated heterocycles. The number of Topliss-reactive ketones (excluding diaryl/α,β-unsaturated/α-hetero) is 1. The van der Waals surface area contributed by atoms with Gasteiger partial charge in [0.25, 0.3) is 0 Å². The van der Waals surface area contributed by atoms with Crippen molar-refractivity contribution in [2.45, 2.75) is 59.9 Å². The Kier molecular flexibility index (Phi) is 3.60. The van der Waals surface area contributed by atoms with Crippen LogP contribution in [0.1, 0.15) is 67.8 Å². The predicted molar refractivity (Wildman–Crippen MR) is 72.9 cm³/mol. The van der Waals surface area contributed by atoms with E-state index in [1.807, 2.05) is 13.8 Å². The second-order valence-corrected chi connectivity index (χ2v) is 5.97. The molecule has 3 nitrogen and oxygen atoms in total. The number of aromatic nitrogens is 2. The van der Waals surface area contributed by atoms with Crippen LogP contribution < -0.4 is 0 Å². The number of rotatable bonds is 2. The highest BCUT2D eigenvalue weighted by molar-refractivity contribution is 5.96. The third kappa shape index (κ3) is 2.23. The molecule has 100 valence electrons. The van der Waals surface area contributed by atoms with Gasteiger partial charge >= 0.3 is 0 Å². The molecule has 1 aromatic heterocycles. The van der Waals surface area contributed by atoms with Gasteiger partial charge in [-0.15, -0.1) is 0 Å². The minimum atomic E-state index is 0.133. The van der Waals surface area contributed by atoms with Crippen LogP contribution in [0.3, 0.4) is 0 Å². The monoisotopic (exact) mass is 248 g/mol. The van der Waals surface area contributed by atoms with E-state index in [4.69, 9.17) is 0 Å². The first kappa shape index (κ1) is 13.3. The molecule has 0 spiro atoms. The lowest BCUT2D eigenvalue weighted by atomic mass is 9.79. The number of hydrogen-bond donors (Lipinski definition) is 0. The summed E-state index contributed by atoms with van der Waals surface area (Å²) in [6, 6.07) is 0.475. The molecular weight excluding hydrogens is 224 g/mol. The van der Waals surface area contributed by atoms with Crippen LogP contribution in [-0.4, -0.2) is 15.6 Å². The summed E-state index contributed by atoms with van der Waals surface area (Å²) in [6.45, 7) is 10.3. The molecule has 3 heteroatoms. The third-order valence-electron chi connectivity index (χ3n) is 4.59. The molecule has 0 bridgehead atoms. The van der Waals surface area contributed by atoms with Gasteiger partial charge in [0.15, 0.2) is 5.78 Å². The fraction of sp³-hybridized carbons (Fsp3) is 0.733. The minimum Gasteiger partial charge on any atom is -0.294 e. The van der Waals surface area contributed by atoms with Crippen molar-refractivity contribution in [1.29, 1.82) is 0 Å². The van der Waals surface area contributed by atoms with Crippen LogP contribution >= 0.6 is 0 Å². The lowest BCUT2D eigenvalue weighted by molar-refractivity contribution is 0.101. The summed E-state index contributed by atoms with van der Waals surface area (Å²) < 4.78 is 2.11. The van der Waals surface area contributed by atoms with E-state index >= 15 is 0 Å². The van der Waals surface area contributed by atoms with Gasteiger partial charge in [0.05, 0.1) is 17.3 Å². The number of carbonyl (C=O) groups excluding carboxylic acids is 1. The van der Waals surface area contributed by atoms with Crippen LogP contribution in [0, 0.1) is 25.7 Å². The van der Waals surface area contributed by atoms with E-state index in [2.05, 4.69) is 23.6 Å². The Bertz CT molecular complexity index is 461. The molecule has 3 atom stereocenters. The van der Waals surface area contributed by atoms with Crippen LogP contribution in [0.4, 0.5) is 0 Å². The van der Waals surface area contributed by atoms with Crippen molar-refractivity contribution in [3.8, 4) is 0 Å². The van der Waals surface area contributed by atoms with Crippen molar-refractivity contribution in [2.75, 3.05) is 0 Å². The number of ketones is 1. The van der Waals surface area contributed by atoms with E-state index in [0.29, 0.717) is 6.04 Å². The van der Waals surface area contributed by atoms with Gasteiger partial charge in [-0.25, -0.2) is 0 Å². The normalized spacial score (nSPS) is 28.4. The molecule has 18 heavy (non-hydrogen) atoms. The summed E-state index contributed by atoms with van der Waals surface area (Å²) in [5.74, 6) is 1.69. The van der Waals surface area contributed by atoms with Gasteiger partial charge < -0.3 is 0 Å². The molecule has 2 rings (SSSR count). The summed E-state index contributed by atoms with van der Waals surface area (Å²) in [7, 11) is 0. The van der Waals surface area contributed by atoms with E-state index in [-0.39, 0.29) is 5.78 Å². The van der Waals surface area contributed by atoms with Crippen LogP contribution in [0.2, 0.25) is 0 Å². The highest BCUT2D eigenvalue weighted by Gasteiger charge is 2.28. The van der Waals surface area contributed by atoms with E-state index in [0.717, 1.165) is 28.8 Å². The van der Waals surface area contributed by atoms with Crippen LogP contribution in [0.15, 0.2) is 0 Å². The number of nitrogens with zero attached hydrogens (tertiary/aromatic N) is 2. The van der Waals surface area contributed by atoms with Crippen molar-refractivity contribution in [2.24, 2.45) is 11.8 Å². The number of aryl methyl sites for hydroxylation is 1. The van der Waals surface area contributed by atoms with Gasteiger partial charge in [-0.05, 0) is 51.9 Å². The predicted octanol–water partition coefficient (Wildman–Crippen LogP) is 3.70. The molecule has 1 aliphatic rings. The van der Waals surface area contributed by atoms with E-state index in [1.165, 1.54) is 19.3 Å². The van der Waals surface area contributed by atoms with Gasteiger partial charge in [-0.3, -0.25) is 9.48 Å². The standard InChI is InChI=1S/C15H24N2O/c1-9-6-7-14(8-10(9)2)17-12(4)15(13(5)18)11(3)16-17/h9-10,14H,6-8H2,1-5H3. The number of hydrogen-bond acceptors (Lipinski definition) is 2. The van der Waals surface area contributed by atoms with Crippen LogP contribution in [0.25, 0.3) is 0 Å². The second-order valence-electron chi connectivity index (χ2n) is 5.97. The Hall–Kier alpha value is -1.12. The van der Waals surface area contributed by atoms with Crippen LogP contribution in [0.5, 0.6) is 0 Å². The lowest BCUT2D eigenvalue weighted by Gasteiger charge is -2.32. The smallest absolute Gasteiger partial charge is 0.163 e. The van der Waals surface area contributed by atoms with Crippen molar-refractivity contribution in [3.05, 3.63) is 17.0 Å². The maximum Gasteiger partial charge on any atom is 0.163 e. The van der Waals surface area contributed by atoms with Gasteiger partial charge in [0, 0.05) is 5.69 Å². The van der Waals surface area contributed by atoms with E-state index < -0.39 is 0 Å². The Morgan fingerprint density at radius 1 is 1.22 bits per heavy atom. The zero-order chi connectivity index (χ0) is 13.4. The van der Waals surface area contributed by atoms with E-state index in [1.54, 1.807) is 6.92 Å². The molecule has 3 unspecified atom stereocenters. The second kappa shape index (κ2) is 4.87. The van der Waals surface area contributed by atoms with Gasteiger partial charge in [-0.1, -0.05) is 13.8 Å². The zero-order valence-electron chi connectivity index (χ0n) is 12.2. The molecule has 0 N–H and O–H groups in total. The van der Waals surface area contributed by atoms with Crippen molar-refractivity contribution in [1.82, 2.24) is 9.78 Å². The zero-order valence-corrected chi connectivity index (χ0v) is 12.2. The highest BCUT2D eigenvalue weighted by Crippen LogP contribution is 2.37. The largest absolute Gasteiger partial charge is 0.294 e. The van der Waals surface area contributed by atoms with E-state index in [9.17, 15) is 4.79 Å². The maximum absolute atomic E-state index is 11.6. The summed E-state index contributed by atoms with van der Waals surface area (Å²) in [5.41, 5.74) is 2.75.